The lowest BCUT2D eigenvalue weighted by molar-refractivity contribution is -0.0882. The lowest BCUT2D eigenvalue weighted by Crippen LogP contribution is -2.51. The summed E-state index contributed by atoms with van der Waals surface area (Å²) in [6.45, 7) is 10.2. The first-order valence-electron chi connectivity index (χ1n) is 8.09. The largest absolute Gasteiger partial charge is 0.0622 e. The van der Waals surface area contributed by atoms with Gasteiger partial charge in [0.05, 0.1) is 0 Å². The van der Waals surface area contributed by atoms with Crippen LogP contribution in [0.2, 0.25) is 0 Å². The van der Waals surface area contributed by atoms with Crippen molar-refractivity contribution in [1.82, 2.24) is 0 Å². The summed E-state index contributed by atoms with van der Waals surface area (Å²) in [6.07, 6.45) is 7.71. The van der Waals surface area contributed by atoms with Gasteiger partial charge in [0.2, 0.25) is 0 Å². The average Bonchev–Trinajstić information content (AvgIpc) is 2.29. The summed E-state index contributed by atoms with van der Waals surface area (Å²) in [6, 6.07) is 0. The van der Waals surface area contributed by atoms with Crippen LogP contribution in [0.1, 0.15) is 59.8 Å². The molecule has 6 atom stereocenters. The normalized spacial score (nSPS) is 58.6. The van der Waals surface area contributed by atoms with Crippen LogP contribution in [0.15, 0.2) is 0 Å². The molecule has 0 heteroatoms. The Bertz CT molecular complexity index is 256. The van der Waals surface area contributed by atoms with Crippen LogP contribution in [0.25, 0.3) is 0 Å². The second-order valence-corrected chi connectivity index (χ2v) is 7.75. The zero-order valence-corrected chi connectivity index (χ0v) is 12.2. The van der Waals surface area contributed by atoms with Gasteiger partial charge in [-0.1, -0.05) is 47.0 Å². The van der Waals surface area contributed by atoms with Gasteiger partial charge in [0, 0.05) is 0 Å². The molecule has 0 nitrogen and oxygen atoms in total. The summed E-state index contributed by atoms with van der Waals surface area (Å²) >= 11 is 0. The maximum atomic E-state index is 2.56. The molecule has 3 saturated carbocycles. The third-order valence-electron chi connectivity index (χ3n) is 7.04. The summed E-state index contributed by atoms with van der Waals surface area (Å²) in [5, 5.41) is 0. The van der Waals surface area contributed by atoms with E-state index in [0.717, 1.165) is 47.3 Å². The minimum Gasteiger partial charge on any atom is -0.0622 e. The van der Waals surface area contributed by atoms with Crippen molar-refractivity contribution in [3.05, 3.63) is 0 Å². The van der Waals surface area contributed by atoms with Crippen molar-refractivity contribution >= 4 is 0 Å². The average molecular weight is 234 g/mol. The maximum Gasteiger partial charge on any atom is -0.0324 e. The van der Waals surface area contributed by atoms with Crippen molar-refractivity contribution < 1.29 is 0 Å². The van der Waals surface area contributed by atoms with Gasteiger partial charge in [0.25, 0.3) is 0 Å². The van der Waals surface area contributed by atoms with Crippen LogP contribution >= 0.6 is 0 Å². The molecular formula is C17H30. The molecule has 6 unspecified atom stereocenters. The van der Waals surface area contributed by atoms with Crippen LogP contribution in [0.3, 0.4) is 0 Å². The molecule has 3 fully saturated rings. The van der Waals surface area contributed by atoms with Gasteiger partial charge in [-0.15, -0.1) is 0 Å². The number of rotatable bonds is 0. The fraction of sp³-hybridized carbons (Fsp3) is 1.00. The molecule has 0 N–H and O–H groups in total. The molecule has 3 aliphatic carbocycles. The van der Waals surface area contributed by atoms with Crippen molar-refractivity contribution in [2.75, 3.05) is 0 Å². The van der Waals surface area contributed by atoms with Gasteiger partial charge in [-0.3, -0.25) is 0 Å². The molecule has 0 saturated heterocycles. The van der Waals surface area contributed by atoms with Gasteiger partial charge < -0.3 is 0 Å². The van der Waals surface area contributed by atoms with Crippen molar-refractivity contribution in [2.45, 2.75) is 59.8 Å². The highest BCUT2D eigenvalue weighted by molar-refractivity contribution is 5.00. The Kier molecular flexibility index (Phi) is 3.04. The lowest BCUT2D eigenvalue weighted by Gasteiger charge is -2.58. The molecule has 0 bridgehead atoms. The Morgan fingerprint density at radius 3 is 1.59 bits per heavy atom. The summed E-state index contributed by atoms with van der Waals surface area (Å²) in [4.78, 5) is 0. The van der Waals surface area contributed by atoms with E-state index < -0.39 is 0 Å². The van der Waals surface area contributed by atoms with E-state index >= 15 is 0 Å². The van der Waals surface area contributed by atoms with Crippen LogP contribution in [0, 0.1) is 47.3 Å². The lowest BCUT2D eigenvalue weighted by atomic mass is 9.47. The van der Waals surface area contributed by atoms with Crippen LogP contribution in [0.5, 0.6) is 0 Å². The molecular weight excluding hydrogens is 204 g/mol. The number of hydrogen-bond donors (Lipinski definition) is 0. The van der Waals surface area contributed by atoms with Gasteiger partial charge in [-0.05, 0) is 60.2 Å². The second-order valence-electron chi connectivity index (χ2n) is 7.75. The van der Waals surface area contributed by atoms with Gasteiger partial charge in [-0.2, -0.15) is 0 Å². The molecule has 0 radical (unpaired) electrons. The Morgan fingerprint density at radius 1 is 0.647 bits per heavy atom. The highest BCUT2D eigenvalue weighted by Crippen LogP contribution is 2.58. The van der Waals surface area contributed by atoms with E-state index in [2.05, 4.69) is 27.7 Å². The molecule has 17 heavy (non-hydrogen) atoms. The first-order chi connectivity index (χ1) is 8.09. The van der Waals surface area contributed by atoms with Crippen LogP contribution < -0.4 is 0 Å². The minimum atomic E-state index is 0.979. The maximum absolute atomic E-state index is 2.56. The molecule has 0 spiro atoms. The molecule has 0 aromatic carbocycles. The van der Waals surface area contributed by atoms with E-state index in [1.165, 1.54) is 6.42 Å². The molecule has 3 rings (SSSR count). The van der Waals surface area contributed by atoms with Crippen molar-refractivity contribution in [2.24, 2.45) is 47.3 Å². The molecule has 0 heterocycles. The number of hydrogen-bond acceptors (Lipinski definition) is 0. The van der Waals surface area contributed by atoms with Crippen molar-refractivity contribution in [3.63, 3.8) is 0 Å². The molecule has 0 amide bonds. The topological polar surface area (TPSA) is 0 Å². The Balaban J connectivity index is 1.92. The van der Waals surface area contributed by atoms with Gasteiger partial charge in [0.1, 0.15) is 0 Å². The van der Waals surface area contributed by atoms with E-state index in [1.807, 2.05) is 0 Å². The predicted octanol–water partition coefficient (Wildman–Crippen LogP) is 4.99. The molecule has 0 aliphatic heterocycles. The van der Waals surface area contributed by atoms with E-state index in [-0.39, 0.29) is 0 Å². The summed E-state index contributed by atoms with van der Waals surface area (Å²) in [5.74, 6) is 8.28. The third-order valence-corrected chi connectivity index (χ3v) is 7.04. The van der Waals surface area contributed by atoms with Crippen molar-refractivity contribution in [3.8, 4) is 0 Å². The summed E-state index contributed by atoms with van der Waals surface area (Å²) in [7, 11) is 0. The zero-order valence-electron chi connectivity index (χ0n) is 12.2. The Labute approximate surface area is 108 Å². The third kappa shape index (κ3) is 1.78. The van der Waals surface area contributed by atoms with Crippen LogP contribution in [-0.2, 0) is 0 Å². The highest BCUT2D eigenvalue weighted by Gasteiger charge is 2.51. The van der Waals surface area contributed by atoms with Crippen LogP contribution in [0.4, 0.5) is 0 Å². The first-order valence-corrected chi connectivity index (χ1v) is 8.09. The van der Waals surface area contributed by atoms with Gasteiger partial charge >= 0.3 is 0 Å². The van der Waals surface area contributed by atoms with E-state index in [0.29, 0.717) is 0 Å². The fourth-order valence-electron chi connectivity index (χ4n) is 5.91. The zero-order chi connectivity index (χ0) is 12.2. The monoisotopic (exact) mass is 234 g/mol. The summed E-state index contributed by atoms with van der Waals surface area (Å²) < 4.78 is 0. The van der Waals surface area contributed by atoms with E-state index in [1.54, 1.807) is 25.7 Å². The van der Waals surface area contributed by atoms with Gasteiger partial charge in [-0.25, -0.2) is 0 Å². The first kappa shape index (κ1) is 12.1. The SMILES string of the molecule is CC1CC2CCCC3CC(C)C(C)C(C1C)C23. The van der Waals surface area contributed by atoms with Gasteiger partial charge in [0.15, 0.2) is 0 Å². The standard InChI is InChI=1S/C17H30/c1-10-8-14-6-5-7-15-9-11(2)13(4)16(12(10)3)17(14)15/h10-17H,5-9H2,1-4H3. The minimum absolute atomic E-state index is 0.979. The molecule has 98 valence electrons. The highest BCUT2D eigenvalue weighted by atomic mass is 14.6. The second kappa shape index (κ2) is 4.28. The molecule has 0 aromatic heterocycles. The fourth-order valence-corrected chi connectivity index (χ4v) is 5.91. The van der Waals surface area contributed by atoms with Crippen LogP contribution in [-0.4, -0.2) is 0 Å². The van der Waals surface area contributed by atoms with E-state index in [4.69, 9.17) is 0 Å². The van der Waals surface area contributed by atoms with E-state index in [9.17, 15) is 0 Å². The smallest absolute Gasteiger partial charge is 0.0324 e. The Morgan fingerprint density at radius 2 is 1.12 bits per heavy atom. The molecule has 3 aliphatic rings. The quantitative estimate of drug-likeness (QED) is 0.554. The molecule has 0 aromatic rings. The van der Waals surface area contributed by atoms with Crippen molar-refractivity contribution in [1.29, 1.82) is 0 Å². The summed E-state index contributed by atoms with van der Waals surface area (Å²) in [5.41, 5.74) is 0. The predicted molar refractivity (Wildman–Crippen MR) is 73.7 cm³/mol. The Hall–Kier alpha value is 0.